The average molecular weight is 242 g/mol. The highest BCUT2D eigenvalue weighted by Crippen LogP contribution is 2.21. The lowest BCUT2D eigenvalue weighted by molar-refractivity contribution is -0.115. The van der Waals surface area contributed by atoms with E-state index in [1.54, 1.807) is 6.07 Å². The van der Waals surface area contributed by atoms with Crippen molar-refractivity contribution in [2.45, 2.75) is 6.42 Å². The van der Waals surface area contributed by atoms with Crippen molar-refractivity contribution in [1.82, 2.24) is 8.75 Å². The maximum atomic E-state index is 11.3. The van der Waals surface area contributed by atoms with Crippen LogP contribution in [0.25, 0.3) is 11.0 Å². The molecule has 0 saturated carbocycles. The smallest absolute Gasteiger partial charge is 0.225 e. The highest BCUT2D eigenvalue weighted by atomic mass is 35.5. The van der Waals surface area contributed by atoms with Crippen LogP contribution in [0.2, 0.25) is 0 Å². The first-order chi connectivity index (χ1) is 7.31. The van der Waals surface area contributed by atoms with Gasteiger partial charge in [-0.05, 0) is 12.1 Å². The third-order valence-corrected chi connectivity index (χ3v) is 2.61. The summed E-state index contributed by atoms with van der Waals surface area (Å²) in [5.74, 6) is 0.211. The molecule has 0 saturated heterocycles. The third-order valence-electron chi connectivity index (χ3n) is 1.88. The molecule has 2 rings (SSSR count). The number of fused-ring (bicyclic) bond motifs is 1. The van der Waals surface area contributed by atoms with Gasteiger partial charge in [-0.15, -0.1) is 11.6 Å². The van der Waals surface area contributed by atoms with Crippen LogP contribution in [0.3, 0.4) is 0 Å². The molecule has 0 spiro atoms. The van der Waals surface area contributed by atoms with E-state index in [4.69, 9.17) is 11.6 Å². The fourth-order valence-electron chi connectivity index (χ4n) is 1.21. The second-order valence-corrected chi connectivity index (χ2v) is 3.83. The number of amides is 1. The molecular formula is C9H8ClN3OS. The lowest BCUT2D eigenvalue weighted by Gasteiger charge is -2.03. The van der Waals surface area contributed by atoms with E-state index in [2.05, 4.69) is 14.1 Å². The maximum Gasteiger partial charge on any atom is 0.225 e. The van der Waals surface area contributed by atoms with Gasteiger partial charge in [0.05, 0.1) is 17.4 Å². The van der Waals surface area contributed by atoms with Crippen molar-refractivity contribution < 1.29 is 4.79 Å². The molecule has 0 radical (unpaired) electrons. The van der Waals surface area contributed by atoms with Crippen LogP contribution in [0.5, 0.6) is 0 Å². The van der Waals surface area contributed by atoms with E-state index in [0.29, 0.717) is 18.0 Å². The number of carbonyl (C=O) groups is 1. The minimum atomic E-state index is -0.106. The van der Waals surface area contributed by atoms with Gasteiger partial charge in [-0.2, -0.15) is 8.75 Å². The van der Waals surface area contributed by atoms with Crippen LogP contribution in [0.15, 0.2) is 18.2 Å². The van der Waals surface area contributed by atoms with E-state index in [0.717, 1.165) is 22.8 Å². The molecule has 0 bridgehead atoms. The Morgan fingerprint density at radius 3 is 3.13 bits per heavy atom. The van der Waals surface area contributed by atoms with Crippen molar-refractivity contribution in [1.29, 1.82) is 0 Å². The molecule has 1 heterocycles. The zero-order chi connectivity index (χ0) is 10.7. The van der Waals surface area contributed by atoms with Crippen molar-refractivity contribution in [2.24, 2.45) is 0 Å². The third kappa shape index (κ3) is 2.24. The predicted octanol–water partition coefficient (Wildman–Crippen LogP) is 2.26. The van der Waals surface area contributed by atoms with Gasteiger partial charge in [0.1, 0.15) is 11.0 Å². The molecule has 1 amide bonds. The Kier molecular flexibility index (Phi) is 3.13. The summed E-state index contributed by atoms with van der Waals surface area (Å²) in [5, 5.41) is 2.75. The Balaban J connectivity index is 2.27. The van der Waals surface area contributed by atoms with E-state index in [1.165, 1.54) is 0 Å². The number of anilines is 1. The van der Waals surface area contributed by atoms with E-state index < -0.39 is 0 Å². The summed E-state index contributed by atoms with van der Waals surface area (Å²) in [6, 6.07) is 5.49. The van der Waals surface area contributed by atoms with Gasteiger partial charge < -0.3 is 5.32 Å². The van der Waals surface area contributed by atoms with Crippen LogP contribution in [-0.2, 0) is 4.79 Å². The molecule has 0 unspecified atom stereocenters. The lowest BCUT2D eigenvalue weighted by atomic mass is 10.2. The molecule has 0 aliphatic rings. The minimum Gasteiger partial charge on any atom is -0.324 e. The summed E-state index contributed by atoms with van der Waals surface area (Å²) in [4.78, 5) is 11.3. The number of nitrogens with one attached hydrogen (secondary N) is 1. The predicted molar refractivity (Wildman–Crippen MR) is 61.4 cm³/mol. The number of rotatable bonds is 3. The summed E-state index contributed by atoms with van der Waals surface area (Å²) in [6.07, 6.45) is 0.301. The van der Waals surface area contributed by atoms with Gasteiger partial charge in [-0.1, -0.05) is 6.07 Å². The summed E-state index contributed by atoms with van der Waals surface area (Å²) < 4.78 is 8.20. The van der Waals surface area contributed by atoms with Gasteiger partial charge in [0.15, 0.2) is 0 Å². The van der Waals surface area contributed by atoms with Crippen molar-refractivity contribution in [3.8, 4) is 0 Å². The molecular weight excluding hydrogens is 234 g/mol. The highest BCUT2D eigenvalue weighted by Gasteiger charge is 2.07. The molecule has 1 aromatic heterocycles. The number of carbonyl (C=O) groups excluding carboxylic acids is 1. The Labute approximate surface area is 95.6 Å². The molecule has 0 aliphatic carbocycles. The number of hydrogen-bond acceptors (Lipinski definition) is 4. The summed E-state index contributed by atoms with van der Waals surface area (Å²) >= 11 is 6.60. The molecule has 15 heavy (non-hydrogen) atoms. The van der Waals surface area contributed by atoms with Crippen molar-refractivity contribution in [3.63, 3.8) is 0 Å². The minimum absolute atomic E-state index is 0.106. The Morgan fingerprint density at radius 2 is 2.33 bits per heavy atom. The topological polar surface area (TPSA) is 54.9 Å². The van der Waals surface area contributed by atoms with Crippen LogP contribution in [0.4, 0.5) is 5.69 Å². The summed E-state index contributed by atoms with van der Waals surface area (Å²) in [5.41, 5.74) is 2.21. The van der Waals surface area contributed by atoms with Gasteiger partial charge in [0.2, 0.25) is 5.91 Å². The molecule has 0 aliphatic heterocycles. The number of alkyl halides is 1. The Bertz CT molecular complexity index is 485. The first kappa shape index (κ1) is 10.3. The number of hydrogen-bond donors (Lipinski definition) is 1. The standard InChI is InChI=1S/C9H8ClN3OS/c10-5-4-8(14)11-6-2-1-3-7-9(6)13-15-12-7/h1-3H,4-5H2,(H,11,14). The quantitative estimate of drug-likeness (QED) is 0.839. The number of benzene rings is 1. The van der Waals surface area contributed by atoms with E-state index in [9.17, 15) is 4.79 Å². The molecule has 1 N–H and O–H groups in total. The molecule has 4 nitrogen and oxygen atoms in total. The van der Waals surface area contributed by atoms with E-state index in [1.807, 2.05) is 12.1 Å². The normalized spacial score (nSPS) is 10.5. The zero-order valence-electron chi connectivity index (χ0n) is 7.74. The molecule has 1 aromatic carbocycles. The highest BCUT2D eigenvalue weighted by molar-refractivity contribution is 7.00. The van der Waals surface area contributed by atoms with Crippen LogP contribution in [0.1, 0.15) is 6.42 Å². The number of halogens is 1. The summed E-state index contributed by atoms with van der Waals surface area (Å²) in [6.45, 7) is 0. The van der Waals surface area contributed by atoms with E-state index in [-0.39, 0.29) is 5.91 Å². The van der Waals surface area contributed by atoms with Gasteiger partial charge in [-0.3, -0.25) is 4.79 Å². The van der Waals surface area contributed by atoms with Crippen LogP contribution < -0.4 is 5.32 Å². The van der Waals surface area contributed by atoms with Crippen molar-refractivity contribution in [2.75, 3.05) is 11.2 Å². The van der Waals surface area contributed by atoms with Crippen LogP contribution in [-0.4, -0.2) is 20.5 Å². The Hall–Kier alpha value is -1.20. The molecule has 0 fully saturated rings. The van der Waals surface area contributed by atoms with Gasteiger partial charge in [0, 0.05) is 12.3 Å². The largest absolute Gasteiger partial charge is 0.324 e. The second-order valence-electron chi connectivity index (χ2n) is 2.92. The first-order valence-electron chi connectivity index (χ1n) is 4.38. The number of aromatic nitrogens is 2. The molecule has 0 atom stereocenters. The SMILES string of the molecule is O=C(CCCl)Nc1cccc2nsnc12. The van der Waals surface area contributed by atoms with Crippen molar-refractivity contribution in [3.05, 3.63) is 18.2 Å². The summed E-state index contributed by atoms with van der Waals surface area (Å²) in [7, 11) is 0. The monoisotopic (exact) mass is 241 g/mol. The zero-order valence-corrected chi connectivity index (χ0v) is 9.31. The fraction of sp³-hybridized carbons (Fsp3) is 0.222. The van der Waals surface area contributed by atoms with E-state index >= 15 is 0 Å². The van der Waals surface area contributed by atoms with Gasteiger partial charge in [-0.25, -0.2) is 0 Å². The lowest BCUT2D eigenvalue weighted by Crippen LogP contribution is -2.11. The molecule has 2 aromatic rings. The van der Waals surface area contributed by atoms with Gasteiger partial charge in [0.25, 0.3) is 0 Å². The molecule has 6 heteroatoms. The van der Waals surface area contributed by atoms with Crippen LogP contribution >= 0.6 is 23.3 Å². The molecule has 78 valence electrons. The first-order valence-corrected chi connectivity index (χ1v) is 5.65. The van der Waals surface area contributed by atoms with Gasteiger partial charge >= 0.3 is 0 Å². The average Bonchev–Trinajstić information content (AvgIpc) is 2.67. The van der Waals surface area contributed by atoms with Crippen LogP contribution in [0, 0.1) is 0 Å². The Morgan fingerprint density at radius 1 is 1.47 bits per heavy atom. The maximum absolute atomic E-state index is 11.3. The fourth-order valence-corrected chi connectivity index (χ4v) is 1.93. The second kappa shape index (κ2) is 4.55. The van der Waals surface area contributed by atoms with Crippen molar-refractivity contribution >= 4 is 46.0 Å². The number of nitrogens with zero attached hydrogens (tertiary/aromatic N) is 2.